The Labute approximate surface area is 90.2 Å². The third kappa shape index (κ3) is 2.01. The molecule has 0 saturated heterocycles. The van der Waals surface area contributed by atoms with Gasteiger partial charge in [-0.1, -0.05) is 14.4 Å². The van der Waals surface area contributed by atoms with Crippen LogP contribution in [-0.4, -0.2) is 16.1 Å². The van der Waals surface area contributed by atoms with E-state index in [0.717, 1.165) is 30.5 Å². The summed E-state index contributed by atoms with van der Waals surface area (Å²) < 4.78 is 0. The molecule has 0 aliphatic heterocycles. The van der Waals surface area contributed by atoms with E-state index in [2.05, 4.69) is 11.9 Å². The maximum absolute atomic E-state index is 10.7. The Morgan fingerprint density at radius 2 is 2.40 bits per heavy atom. The van der Waals surface area contributed by atoms with Crippen molar-refractivity contribution in [2.24, 2.45) is 0 Å². The fraction of sp³-hybridized carbons (Fsp3) is 0.500. The molecule has 0 saturated carbocycles. The second kappa shape index (κ2) is 4.43. The normalized spacial score (nSPS) is 18.1. The van der Waals surface area contributed by atoms with Gasteiger partial charge in [0.2, 0.25) is 0 Å². The minimum Gasteiger partial charge on any atom is -0.478 e. The van der Waals surface area contributed by atoms with Crippen LogP contribution in [0.2, 0.25) is 0 Å². The molecule has 0 unspecified atom stereocenters. The zero-order valence-electron chi connectivity index (χ0n) is 8.16. The van der Waals surface area contributed by atoms with Crippen molar-refractivity contribution in [1.82, 2.24) is 4.98 Å². The van der Waals surface area contributed by atoms with Gasteiger partial charge >= 0.3 is 5.97 Å². The third-order valence-electron chi connectivity index (χ3n) is 2.89. The summed E-state index contributed by atoms with van der Waals surface area (Å²) in [6, 6.07) is 1.76. The van der Waals surface area contributed by atoms with Crippen LogP contribution in [0, 0.1) is 0 Å². The number of hydrogen-bond donors (Lipinski definition) is 1. The summed E-state index contributed by atoms with van der Waals surface area (Å²) in [7, 11) is 0. The molecule has 1 N–H and O–H groups in total. The molecule has 0 fully saturated rings. The molecule has 1 aliphatic carbocycles. The number of rotatable bonds is 2. The molecule has 2 rings (SSSR count). The summed E-state index contributed by atoms with van der Waals surface area (Å²) in [6.45, 7) is 2.15. The van der Waals surface area contributed by atoms with Gasteiger partial charge in [0, 0.05) is 17.8 Å². The fourth-order valence-corrected chi connectivity index (χ4v) is 2.07. The molecule has 82 valence electrons. The average molecular weight is 207 g/mol. The molecule has 15 heavy (non-hydrogen) atoms. The maximum Gasteiger partial charge on any atom is 0.337 e. The highest BCUT2D eigenvalue weighted by Gasteiger charge is 2.23. The Morgan fingerprint density at radius 1 is 1.67 bits per heavy atom. The standard InChI is InChI=1S/C11H13NO2.CH4/c1-2-7-3-4-8-5-9(11(13)14)6-12-10(7)8;/h5-7H,2-4H2,1H3,(H,13,14);1H4/t7-;/m1./s1. The minimum atomic E-state index is -0.889. The maximum atomic E-state index is 10.7. The lowest BCUT2D eigenvalue weighted by atomic mass is 10.0. The molecule has 1 atom stereocenters. The van der Waals surface area contributed by atoms with Gasteiger partial charge in [0.25, 0.3) is 0 Å². The summed E-state index contributed by atoms with van der Waals surface area (Å²) in [4.78, 5) is 15.0. The summed E-state index contributed by atoms with van der Waals surface area (Å²) >= 11 is 0. The lowest BCUT2D eigenvalue weighted by Crippen LogP contribution is -2.01. The Kier molecular flexibility index (Phi) is 3.45. The third-order valence-corrected chi connectivity index (χ3v) is 2.89. The van der Waals surface area contributed by atoms with Gasteiger partial charge in [-0.15, -0.1) is 0 Å². The quantitative estimate of drug-likeness (QED) is 0.811. The second-order valence-electron chi connectivity index (χ2n) is 3.72. The molecule has 3 nitrogen and oxygen atoms in total. The SMILES string of the molecule is C.CC[C@@H]1CCc2cc(C(=O)O)cnc21. The summed E-state index contributed by atoms with van der Waals surface area (Å²) in [5.41, 5.74) is 2.54. The fourth-order valence-electron chi connectivity index (χ4n) is 2.07. The largest absolute Gasteiger partial charge is 0.478 e. The molecule has 3 heteroatoms. The molecular formula is C12H17NO2. The number of carboxylic acids is 1. The van der Waals surface area contributed by atoms with Crippen molar-refractivity contribution in [1.29, 1.82) is 0 Å². The number of aromatic nitrogens is 1. The van der Waals surface area contributed by atoms with Crippen molar-refractivity contribution in [3.63, 3.8) is 0 Å². The zero-order valence-corrected chi connectivity index (χ0v) is 8.16. The first kappa shape index (κ1) is 11.7. The van der Waals surface area contributed by atoms with Crippen molar-refractivity contribution in [2.45, 2.75) is 39.5 Å². The lowest BCUT2D eigenvalue weighted by molar-refractivity contribution is 0.0696. The van der Waals surface area contributed by atoms with E-state index in [4.69, 9.17) is 5.11 Å². The summed E-state index contributed by atoms with van der Waals surface area (Å²) in [5, 5.41) is 8.80. The van der Waals surface area contributed by atoms with E-state index in [1.807, 2.05) is 0 Å². The Morgan fingerprint density at radius 3 is 3.00 bits per heavy atom. The summed E-state index contributed by atoms with van der Waals surface area (Å²) in [5.74, 6) is -0.354. The van der Waals surface area contributed by atoms with Gasteiger partial charge in [-0.2, -0.15) is 0 Å². The molecule has 0 bridgehead atoms. The van der Waals surface area contributed by atoms with E-state index in [1.54, 1.807) is 6.07 Å². The molecule has 0 aromatic carbocycles. The number of hydrogen-bond acceptors (Lipinski definition) is 2. The van der Waals surface area contributed by atoms with E-state index in [1.165, 1.54) is 6.20 Å². The van der Waals surface area contributed by atoms with Gasteiger partial charge in [-0.05, 0) is 30.9 Å². The van der Waals surface area contributed by atoms with Gasteiger partial charge in [0.05, 0.1) is 5.56 Å². The van der Waals surface area contributed by atoms with E-state index >= 15 is 0 Å². The van der Waals surface area contributed by atoms with Crippen LogP contribution in [0.15, 0.2) is 12.3 Å². The number of pyridine rings is 1. The van der Waals surface area contributed by atoms with Gasteiger partial charge in [-0.3, -0.25) is 4.98 Å². The van der Waals surface area contributed by atoms with Crippen LogP contribution in [-0.2, 0) is 6.42 Å². The predicted octanol–water partition coefficient (Wildman–Crippen LogP) is 2.86. The monoisotopic (exact) mass is 207 g/mol. The molecule has 1 aromatic rings. The number of carbonyl (C=O) groups is 1. The van der Waals surface area contributed by atoms with Gasteiger partial charge in [0.15, 0.2) is 0 Å². The zero-order chi connectivity index (χ0) is 10.1. The highest BCUT2D eigenvalue weighted by atomic mass is 16.4. The van der Waals surface area contributed by atoms with E-state index in [9.17, 15) is 4.79 Å². The number of aromatic carboxylic acids is 1. The van der Waals surface area contributed by atoms with Crippen LogP contribution in [0.5, 0.6) is 0 Å². The molecule has 0 amide bonds. The number of fused-ring (bicyclic) bond motifs is 1. The number of aryl methyl sites for hydroxylation is 1. The Bertz CT molecular complexity index is 374. The highest BCUT2D eigenvalue weighted by Crippen LogP contribution is 2.33. The average Bonchev–Trinajstić information content (AvgIpc) is 2.59. The van der Waals surface area contributed by atoms with Crippen LogP contribution in [0.25, 0.3) is 0 Å². The smallest absolute Gasteiger partial charge is 0.337 e. The van der Waals surface area contributed by atoms with Crippen LogP contribution < -0.4 is 0 Å². The number of nitrogens with zero attached hydrogens (tertiary/aromatic N) is 1. The van der Waals surface area contributed by atoms with Crippen molar-refractivity contribution in [3.05, 3.63) is 29.1 Å². The summed E-state index contributed by atoms with van der Waals surface area (Å²) in [6.07, 6.45) is 4.64. The topological polar surface area (TPSA) is 50.2 Å². The van der Waals surface area contributed by atoms with E-state index in [0.29, 0.717) is 11.5 Å². The van der Waals surface area contributed by atoms with Crippen LogP contribution in [0.3, 0.4) is 0 Å². The first-order valence-corrected chi connectivity index (χ1v) is 4.94. The van der Waals surface area contributed by atoms with Gasteiger partial charge in [-0.25, -0.2) is 4.79 Å². The van der Waals surface area contributed by atoms with Crippen LogP contribution >= 0.6 is 0 Å². The van der Waals surface area contributed by atoms with Crippen molar-refractivity contribution >= 4 is 5.97 Å². The second-order valence-corrected chi connectivity index (χ2v) is 3.72. The molecule has 0 spiro atoms. The molecule has 1 heterocycles. The van der Waals surface area contributed by atoms with Crippen LogP contribution in [0.1, 0.15) is 54.7 Å². The number of carboxylic acid groups (broad SMARTS) is 1. The van der Waals surface area contributed by atoms with Gasteiger partial charge in [0.1, 0.15) is 0 Å². The van der Waals surface area contributed by atoms with E-state index in [-0.39, 0.29) is 7.43 Å². The first-order chi connectivity index (χ1) is 6.72. The lowest BCUT2D eigenvalue weighted by Gasteiger charge is -2.06. The van der Waals surface area contributed by atoms with E-state index < -0.39 is 5.97 Å². The van der Waals surface area contributed by atoms with Crippen molar-refractivity contribution in [3.8, 4) is 0 Å². The first-order valence-electron chi connectivity index (χ1n) is 4.94. The van der Waals surface area contributed by atoms with Crippen molar-refractivity contribution in [2.75, 3.05) is 0 Å². The van der Waals surface area contributed by atoms with Crippen molar-refractivity contribution < 1.29 is 9.90 Å². The highest BCUT2D eigenvalue weighted by molar-refractivity contribution is 5.87. The molecule has 1 aliphatic rings. The molecule has 1 aromatic heterocycles. The molecule has 0 radical (unpaired) electrons. The Hall–Kier alpha value is -1.38. The molecular weight excluding hydrogens is 190 g/mol. The Balaban J connectivity index is 0.00000112. The minimum absolute atomic E-state index is 0. The predicted molar refractivity (Wildman–Crippen MR) is 59.3 cm³/mol. The van der Waals surface area contributed by atoms with Crippen LogP contribution in [0.4, 0.5) is 0 Å². The van der Waals surface area contributed by atoms with Gasteiger partial charge < -0.3 is 5.11 Å².